The van der Waals surface area contributed by atoms with Crippen LogP contribution in [0.3, 0.4) is 0 Å². The van der Waals surface area contributed by atoms with Gasteiger partial charge in [-0.2, -0.15) is 0 Å². The first-order valence-electron chi connectivity index (χ1n) is 9.48. The maximum Gasteiger partial charge on any atom is 0.292 e. The van der Waals surface area contributed by atoms with E-state index in [1.54, 1.807) is 51.9 Å². The molecule has 3 amide bonds. The molecular formula is C21H21N5O3. The molecule has 148 valence electrons. The van der Waals surface area contributed by atoms with Crippen molar-refractivity contribution in [3.63, 3.8) is 0 Å². The molecule has 4 rings (SSSR count). The minimum absolute atomic E-state index is 0.147. The number of likely N-dealkylation sites (tertiary alicyclic amines) is 1. The van der Waals surface area contributed by atoms with E-state index in [4.69, 9.17) is 0 Å². The molecule has 1 fully saturated rings. The van der Waals surface area contributed by atoms with Crippen LogP contribution in [0.15, 0.2) is 48.7 Å². The lowest BCUT2D eigenvalue weighted by atomic mass is 10.2. The van der Waals surface area contributed by atoms with Crippen LogP contribution in [0, 0.1) is 0 Å². The Bertz CT molecular complexity index is 1080. The Balaban J connectivity index is 1.60. The Hall–Kier alpha value is -3.68. The zero-order valence-electron chi connectivity index (χ0n) is 16.0. The van der Waals surface area contributed by atoms with Crippen molar-refractivity contribution >= 4 is 34.6 Å². The van der Waals surface area contributed by atoms with Crippen LogP contribution in [0.25, 0.3) is 5.52 Å². The molecule has 1 aromatic carbocycles. The Morgan fingerprint density at radius 1 is 0.931 bits per heavy atom. The summed E-state index contributed by atoms with van der Waals surface area (Å²) in [6.45, 7) is 2.86. The molecule has 8 nitrogen and oxygen atoms in total. The summed E-state index contributed by atoms with van der Waals surface area (Å²) < 4.78 is 1.63. The number of rotatable bonds is 4. The van der Waals surface area contributed by atoms with Gasteiger partial charge in [0.2, 0.25) is 11.7 Å². The zero-order chi connectivity index (χ0) is 20.4. The lowest BCUT2D eigenvalue weighted by molar-refractivity contribution is -0.114. The molecule has 2 aromatic heterocycles. The predicted molar refractivity (Wildman–Crippen MR) is 109 cm³/mol. The van der Waals surface area contributed by atoms with Crippen LogP contribution in [-0.2, 0) is 4.79 Å². The number of benzene rings is 1. The number of amides is 3. The van der Waals surface area contributed by atoms with Crippen LogP contribution >= 0.6 is 0 Å². The Morgan fingerprint density at radius 3 is 2.24 bits per heavy atom. The van der Waals surface area contributed by atoms with Gasteiger partial charge < -0.3 is 15.5 Å². The minimum Gasteiger partial charge on any atom is -0.337 e. The number of carbonyl (C=O) groups is 3. The van der Waals surface area contributed by atoms with Crippen molar-refractivity contribution < 1.29 is 14.4 Å². The van der Waals surface area contributed by atoms with Crippen molar-refractivity contribution in [1.29, 1.82) is 0 Å². The van der Waals surface area contributed by atoms with E-state index in [0.717, 1.165) is 12.8 Å². The Morgan fingerprint density at radius 2 is 1.59 bits per heavy atom. The maximum atomic E-state index is 12.9. The average molecular weight is 391 g/mol. The molecule has 3 aromatic rings. The molecule has 0 aliphatic carbocycles. The molecule has 0 unspecified atom stereocenters. The summed E-state index contributed by atoms with van der Waals surface area (Å²) in [5.41, 5.74) is 2.10. The molecule has 8 heteroatoms. The summed E-state index contributed by atoms with van der Waals surface area (Å²) in [5, 5.41) is 5.47. The number of pyridine rings is 1. The summed E-state index contributed by atoms with van der Waals surface area (Å²) in [7, 11) is 0. The first-order chi connectivity index (χ1) is 14.0. The van der Waals surface area contributed by atoms with Crippen LogP contribution in [0.1, 0.15) is 40.9 Å². The van der Waals surface area contributed by atoms with E-state index < -0.39 is 5.91 Å². The summed E-state index contributed by atoms with van der Waals surface area (Å²) in [6.07, 6.45) is 3.69. The zero-order valence-corrected chi connectivity index (χ0v) is 16.0. The van der Waals surface area contributed by atoms with Crippen molar-refractivity contribution in [1.82, 2.24) is 14.3 Å². The quantitative estimate of drug-likeness (QED) is 0.715. The molecule has 0 atom stereocenters. The first kappa shape index (κ1) is 18.7. The van der Waals surface area contributed by atoms with Gasteiger partial charge in [-0.3, -0.25) is 18.8 Å². The third-order valence-corrected chi connectivity index (χ3v) is 4.81. The standard InChI is InChI=1S/C21H21N5O3/c1-14(27)22-15-7-9-16(10-8-15)23-20(28)19-24-18(17-6-2-3-13-26(17)19)21(29)25-11-4-5-12-25/h2-3,6-10,13H,4-5,11-12H2,1H3,(H,22,27)(H,23,28). The molecule has 3 heterocycles. The van der Waals surface area contributed by atoms with Gasteiger partial charge in [-0.05, 0) is 49.2 Å². The molecule has 1 saturated heterocycles. The number of fused-ring (bicyclic) bond motifs is 1. The summed E-state index contributed by atoms with van der Waals surface area (Å²) in [4.78, 5) is 43.0. The van der Waals surface area contributed by atoms with E-state index >= 15 is 0 Å². The molecule has 2 N–H and O–H groups in total. The second-order valence-corrected chi connectivity index (χ2v) is 6.95. The van der Waals surface area contributed by atoms with Crippen LogP contribution in [0.5, 0.6) is 0 Å². The van der Waals surface area contributed by atoms with E-state index in [1.807, 2.05) is 6.07 Å². The van der Waals surface area contributed by atoms with Gasteiger partial charge >= 0.3 is 0 Å². The number of aromatic nitrogens is 2. The number of nitrogens with zero attached hydrogens (tertiary/aromatic N) is 3. The fraction of sp³-hybridized carbons (Fsp3) is 0.238. The van der Waals surface area contributed by atoms with Gasteiger partial charge in [-0.25, -0.2) is 4.98 Å². The molecule has 0 spiro atoms. The number of nitrogens with one attached hydrogen (secondary N) is 2. The molecule has 0 saturated carbocycles. The fourth-order valence-corrected chi connectivity index (χ4v) is 3.45. The largest absolute Gasteiger partial charge is 0.337 e. The van der Waals surface area contributed by atoms with Gasteiger partial charge in [0.1, 0.15) is 0 Å². The Kier molecular flexibility index (Phi) is 4.99. The highest BCUT2D eigenvalue weighted by Crippen LogP contribution is 2.20. The lowest BCUT2D eigenvalue weighted by Crippen LogP contribution is -2.28. The van der Waals surface area contributed by atoms with E-state index in [9.17, 15) is 14.4 Å². The highest BCUT2D eigenvalue weighted by molar-refractivity contribution is 6.06. The fourth-order valence-electron chi connectivity index (χ4n) is 3.45. The van der Waals surface area contributed by atoms with Crippen LogP contribution in [0.2, 0.25) is 0 Å². The van der Waals surface area contributed by atoms with Crippen molar-refractivity contribution in [3.8, 4) is 0 Å². The second kappa shape index (κ2) is 7.75. The molecule has 0 radical (unpaired) electrons. The molecule has 1 aliphatic rings. The van der Waals surface area contributed by atoms with Gasteiger partial charge in [0.25, 0.3) is 11.8 Å². The van der Waals surface area contributed by atoms with Crippen LogP contribution in [0.4, 0.5) is 11.4 Å². The van der Waals surface area contributed by atoms with E-state index in [2.05, 4.69) is 15.6 Å². The highest BCUT2D eigenvalue weighted by Gasteiger charge is 2.26. The van der Waals surface area contributed by atoms with Gasteiger partial charge in [-0.15, -0.1) is 0 Å². The van der Waals surface area contributed by atoms with Gasteiger partial charge in [0.15, 0.2) is 5.69 Å². The summed E-state index contributed by atoms with van der Waals surface area (Å²) >= 11 is 0. The normalized spacial score (nSPS) is 13.5. The van der Waals surface area contributed by atoms with Crippen molar-refractivity contribution in [3.05, 3.63) is 60.2 Å². The summed E-state index contributed by atoms with van der Waals surface area (Å²) in [6, 6.07) is 12.2. The number of hydrogen-bond donors (Lipinski definition) is 2. The van der Waals surface area contributed by atoms with Crippen molar-refractivity contribution in [2.75, 3.05) is 23.7 Å². The lowest BCUT2D eigenvalue weighted by Gasteiger charge is -2.13. The minimum atomic E-state index is -0.418. The number of hydrogen-bond acceptors (Lipinski definition) is 4. The average Bonchev–Trinajstić information content (AvgIpc) is 3.37. The van der Waals surface area contributed by atoms with Crippen molar-refractivity contribution in [2.24, 2.45) is 0 Å². The third-order valence-electron chi connectivity index (χ3n) is 4.81. The third kappa shape index (κ3) is 3.82. The van der Waals surface area contributed by atoms with E-state index in [0.29, 0.717) is 35.7 Å². The maximum absolute atomic E-state index is 12.9. The number of carbonyl (C=O) groups excluding carboxylic acids is 3. The van der Waals surface area contributed by atoms with E-state index in [-0.39, 0.29) is 17.6 Å². The van der Waals surface area contributed by atoms with Crippen LogP contribution < -0.4 is 10.6 Å². The topological polar surface area (TPSA) is 95.8 Å². The Labute approximate surface area is 167 Å². The van der Waals surface area contributed by atoms with Gasteiger partial charge in [0, 0.05) is 37.6 Å². The monoisotopic (exact) mass is 391 g/mol. The predicted octanol–water partition coefficient (Wildman–Crippen LogP) is 2.78. The summed E-state index contributed by atoms with van der Waals surface area (Å²) in [5.74, 6) is -0.584. The number of imidazole rings is 1. The first-order valence-corrected chi connectivity index (χ1v) is 9.48. The molecule has 0 bridgehead atoms. The molecule has 29 heavy (non-hydrogen) atoms. The highest BCUT2D eigenvalue weighted by atomic mass is 16.2. The number of anilines is 2. The van der Waals surface area contributed by atoms with Crippen molar-refractivity contribution in [2.45, 2.75) is 19.8 Å². The van der Waals surface area contributed by atoms with E-state index in [1.165, 1.54) is 6.92 Å². The second-order valence-electron chi connectivity index (χ2n) is 6.95. The van der Waals surface area contributed by atoms with Crippen LogP contribution in [-0.4, -0.2) is 45.1 Å². The molecular weight excluding hydrogens is 370 g/mol. The SMILES string of the molecule is CC(=O)Nc1ccc(NC(=O)c2nc(C(=O)N3CCCC3)c3ccccn23)cc1. The molecule has 1 aliphatic heterocycles. The smallest absolute Gasteiger partial charge is 0.292 e. The van der Waals surface area contributed by atoms with Gasteiger partial charge in [-0.1, -0.05) is 6.07 Å². The van der Waals surface area contributed by atoms with Gasteiger partial charge in [0.05, 0.1) is 5.52 Å².